The Kier molecular flexibility index (Phi) is 4.46. The first-order valence-corrected chi connectivity index (χ1v) is 9.34. The lowest BCUT2D eigenvalue weighted by Crippen LogP contribution is -2.33. The number of carbonyl (C=O) groups excluding carboxylic acids is 1. The maximum absolute atomic E-state index is 11.6. The van der Waals surface area contributed by atoms with Crippen LogP contribution in [0.1, 0.15) is 0 Å². The van der Waals surface area contributed by atoms with Crippen LogP contribution in [0.5, 0.6) is 0 Å². The molecule has 0 bridgehead atoms. The summed E-state index contributed by atoms with van der Waals surface area (Å²) < 4.78 is 0. The third-order valence-corrected chi connectivity index (χ3v) is 8.18. The molecule has 0 aliphatic carbocycles. The molecule has 0 unspecified atom stereocenters. The normalized spacial score (nSPS) is 11.1. The summed E-state index contributed by atoms with van der Waals surface area (Å²) in [5.41, 5.74) is 0. The van der Waals surface area contributed by atoms with Gasteiger partial charge < -0.3 is 0 Å². The minimum atomic E-state index is -1.92. The quantitative estimate of drug-likeness (QED) is 0.523. The van der Waals surface area contributed by atoms with E-state index in [0.717, 1.165) is 6.29 Å². The molecule has 108 valence electrons. The molecule has 1 nitrogen and oxygen atoms in total. The Balaban J connectivity index is 2.31. The van der Waals surface area contributed by atoms with E-state index in [0.29, 0.717) is 6.16 Å². The summed E-state index contributed by atoms with van der Waals surface area (Å²) in [6.07, 6.45) is 1.60. The highest BCUT2D eigenvalue weighted by Crippen LogP contribution is 2.54. The second-order valence-electron chi connectivity index (χ2n) is 5.17. The molecule has 0 spiro atoms. The minimum absolute atomic E-state index is 0.533. The maximum Gasteiger partial charge on any atom is 0.158 e. The van der Waals surface area contributed by atoms with Crippen LogP contribution in [0.2, 0.25) is 0 Å². The molecule has 22 heavy (non-hydrogen) atoms. The fraction of sp³-hybridized carbons (Fsp3) is 0.0500. The first-order chi connectivity index (χ1) is 10.9. The molecule has 0 aliphatic rings. The molecular formula is C20H18OP+. The van der Waals surface area contributed by atoms with Crippen LogP contribution in [0.3, 0.4) is 0 Å². The summed E-state index contributed by atoms with van der Waals surface area (Å²) in [6.45, 7) is 0. The molecule has 3 rings (SSSR count). The van der Waals surface area contributed by atoms with Gasteiger partial charge in [0.25, 0.3) is 0 Å². The van der Waals surface area contributed by atoms with Crippen LogP contribution >= 0.6 is 7.26 Å². The fourth-order valence-corrected chi connectivity index (χ4v) is 6.72. The van der Waals surface area contributed by atoms with E-state index < -0.39 is 7.26 Å². The largest absolute Gasteiger partial charge is 0.299 e. The van der Waals surface area contributed by atoms with Gasteiger partial charge in [0.05, 0.1) is 0 Å². The van der Waals surface area contributed by atoms with Crippen LogP contribution in [0.4, 0.5) is 0 Å². The average molecular weight is 305 g/mol. The molecule has 0 aliphatic heterocycles. The first kappa shape index (κ1) is 14.7. The topological polar surface area (TPSA) is 17.1 Å². The van der Waals surface area contributed by atoms with Crippen molar-refractivity contribution in [2.75, 3.05) is 6.16 Å². The Morgan fingerprint density at radius 1 is 0.591 bits per heavy atom. The zero-order valence-corrected chi connectivity index (χ0v) is 13.2. The Morgan fingerprint density at radius 3 is 1.18 bits per heavy atom. The van der Waals surface area contributed by atoms with Crippen molar-refractivity contribution in [3.63, 3.8) is 0 Å². The van der Waals surface area contributed by atoms with Crippen LogP contribution in [-0.4, -0.2) is 12.4 Å². The smallest absolute Gasteiger partial charge is 0.158 e. The van der Waals surface area contributed by atoms with Crippen molar-refractivity contribution in [2.45, 2.75) is 0 Å². The number of carbonyl (C=O) groups is 1. The van der Waals surface area contributed by atoms with Gasteiger partial charge >= 0.3 is 0 Å². The highest BCUT2D eigenvalue weighted by Gasteiger charge is 2.44. The lowest BCUT2D eigenvalue weighted by Gasteiger charge is -2.25. The van der Waals surface area contributed by atoms with Crippen LogP contribution in [0.25, 0.3) is 0 Å². The molecule has 0 N–H and O–H groups in total. The Morgan fingerprint density at radius 2 is 0.909 bits per heavy atom. The summed E-state index contributed by atoms with van der Waals surface area (Å²) in [4.78, 5) is 11.6. The lowest BCUT2D eigenvalue weighted by molar-refractivity contribution is -0.105. The Hall–Kier alpha value is -2.24. The summed E-state index contributed by atoms with van der Waals surface area (Å²) in [7, 11) is -1.92. The zero-order chi connectivity index (χ0) is 15.3. The van der Waals surface area contributed by atoms with E-state index in [4.69, 9.17) is 0 Å². The monoisotopic (exact) mass is 305 g/mol. The standard InChI is InChI=1S/C20H18OP/c21-16-17-22(18-10-4-1-5-11-18,19-12-6-2-7-13-19)20-14-8-3-9-15-20/h1-16H,17H2/q+1. The molecule has 0 saturated carbocycles. The molecule has 0 atom stereocenters. The zero-order valence-electron chi connectivity index (χ0n) is 12.3. The van der Waals surface area contributed by atoms with Crippen molar-refractivity contribution < 1.29 is 4.79 Å². The van der Waals surface area contributed by atoms with E-state index in [1.54, 1.807) is 0 Å². The van der Waals surface area contributed by atoms with Gasteiger partial charge in [-0.05, 0) is 36.4 Å². The third kappa shape index (κ3) is 2.61. The van der Waals surface area contributed by atoms with E-state index in [9.17, 15) is 4.79 Å². The van der Waals surface area contributed by atoms with E-state index in [1.807, 2.05) is 18.2 Å². The first-order valence-electron chi connectivity index (χ1n) is 7.36. The number of hydrogen-bond donors (Lipinski definition) is 0. The van der Waals surface area contributed by atoms with E-state index >= 15 is 0 Å². The predicted molar refractivity (Wildman–Crippen MR) is 96.1 cm³/mol. The molecule has 0 aromatic heterocycles. The number of aldehydes is 1. The minimum Gasteiger partial charge on any atom is -0.299 e. The van der Waals surface area contributed by atoms with Gasteiger partial charge in [-0.3, -0.25) is 4.79 Å². The van der Waals surface area contributed by atoms with Crippen molar-refractivity contribution >= 4 is 29.5 Å². The van der Waals surface area contributed by atoms with E-state index in [-0.39, 0.29) is 0 Å². The molecular weight excluding hydrogens is 287 g/mol. The maximum atomic E-state index is 11.6. The second kappa shape index (κ2) is 6.68. The van der Waals surface area contributed by atoms with Gasteiger partial charge in [-0.15, -0.1) is 0 Å². The van der Waals surface area contributed by atoms with Crippen molar-refractivity contribution in [1.82, 2.24) is 0 Å². The van der Waals surface area contributed by atoms with Crippen molar-refractivity contribution in [3.8, 4) is 0 Å². The second-order valence-corrected chi connectivity index (χ2v) is 8.70. The Labute approximate surface area is 132 Å². The van der Waals surface area contributed by atoms with Gasteiger partial charge in [0.2, 0.25) is 0 Å². The molecule has 0 amide bonds. The van der Waals surface area contributed by atoms with Crippen molar-refractivity contribution in [1.29, 1.82) is 0 Å². The van der Waals surface area contributed by atoms with Crippen LogP contribution in [0, 0.1) is 0 Å². The van der Waals surface area contributed by atoms with Crippen LogP contribution in [0.15, 0.2) is 91.0 Å². The predicted octanol–water partition coefficient (Wildman–Crippen LogP) is 3.18. The Bertz CT molecular complexity index is 627. The summed E-state index contributed by atoms with van der Waals surface area (Å²) in [6, 6.07) is 31.3. The summed E-state index contributed by atoms with van der Waals surface area (Å²) in [5, 5.41) is 3.75. The van der Waals surface area contributed by atoms with Gasteiger partial charge in [0, 0.05) is 0 Å². The highest BCUT2D eigenvalue weighted by atomic mass is 31.2. The molecule has 3 aromatic rings. The van der Waals surface area contributed by atoms with Crippen LogP contribution in [-0.2, 0) is 4.79 Å². The van der Waals surface area contributed by atoms with Gasteiger partial charge in [-0.1, -0.05) is 54.6 Å². The summed E-state index contributed by atoms with van der Waals surface area (Å²) >= 11 is 0. The molecule has 0 saturated heterocycles. The third-order valence-electron chi connectivity index (χ3n) is 3.94. The van der Waals surface area contributed by atoms with Crippen LogP contribution < -0.4 is 15.9 Å². The SMILES string of the molecule is O=CC[P+](c1ccccc1)(c1ccccc1)c1ccccc1. The van der Waals surface area contributed by atoms with Gasteiger partial charge in [0.1, 0.15) is 29.3 Å². The molecule has 2 heteroatoms. The average Bonchev–Trinajstić information content (AvgIpc) is 2.62. The van der Waals surface area contributed by atoms with Gasteiger partial charge in [-0.25, -0.2) is 0 Å². The highest BCUT2D eigenvalue weighted by molar-refractivity contribution is 7.96. The van der Waals surface area contributed by atoms with Gasteiger partial charge in [0.15, 0.2) is 6.29 Å². The number of hydrogen-bond acceptors (Lipinski definition) is 1. The fourth-order valence-electron chi connectivity index (χ4n) is 2.92. The molecule has 3 aromatic carbocycles. The molecule has 0 fully saturated rings. The van der Waals surface area contributed by atoms with Gasteiger partial charge in [-0.2, -0.15) is 0 Å². The molecule has 0 radical (unpaired) electrons. The molecule has 0 heterocycles. The lowest BCUT2D eigenvalue weighted by atomic mass is 10.4. The van der Waals surface area contributed by atoms with Crippen molar-refractivity contribution in [2.24, 2.45) is 0 Å². The van der Waals surface area contributed by atoms with Crippen molar-refractivity contribution in [3.05, 3.63) is 91.0 Å². The van der Waals surface area contributed by atoms with E-state index in [1.165, 1.54) is 15.9 Å². The summed E-state index contributed by atoms with van der Waals surface area (Å²) in [5.74, 6) is 0. The van der Waals surface area contributed by atoms with E-state index in [2.05, 4.69) is 72.8 Å². The number of rotatable bonds is 5. The number of benzene rings is 3.